The minimum atomic E-state index is -0.614. The summed E-state index contributed by atoms with van der Waals surface area (Å²) in [5.41, 5.74) is 7.58. The van der Waals surface area contributed by atoms with Gasteiger partial charge in [0.15, 0.2) is 0 Å². The van der Waals surface area contributed by atoms with Gasteiger partial charge in [0, 0.05) is 36.2 Å². The maximum absolute atomic E-state index is 13.4. The number of aromatic amines is 1. The van der Waals surface area contributed by atoms with Crippen molar-refractivity contribution in [3.8, 4) is 17.0 Å². The Balaban J connectivity index is 1.67. The first kappa shape index (κ1) is 27.5. The van der Waals surface area contributed by atoms with E-state index in [4.69, 9.17) is 4.74 Å². The fourth-order valence-corrected chi connectivity index (χ4v) is 5.23. The van der Waals surface area contributed by atoms with Gasteiger partial charge in [0.25, 0.3) is 0 Å². The highest BCUT2D eigenvalue weighted by Gasteiger charge is 2.33. The lowest BCUT2D eigenvalue weighted by molar-refractivity contribution is -0.135. The molecule has 1 aromatic heterocycles. The molecule has 200 valence electrons. The molecule has 4 rings (SSSR count). The van der Waals surface area contributed by atoms with Crippen LogP contribution in [0.2, 0.25) is 0 Å². The van der Waals surface area contributed by atoms with Crippen molar-refractivity contribution >= 4 is 16.8 Å². The van der Waals surface area contributed by atoms with Gasteiger partial charge in [0.05, 0.1) is 5.41 Å². The number of likely N-dealkylation sites (N-methyl/N-ethyl adjacent to an activating group) is 1. The first-order chi connectivity index (χ1) is 18.2. The van der Waals surface area contributed by atoms with E-state index in [0.717, 1.165) is 35.5 Å². The van der Waals surface area contributed by atoms with Crippen molar-refractivity contribution in [1.82, 2.24) is 15.2 Å². The maximum atomic E-state index is 13.4. The Morgan fingerprint density at radius 2 is 1.63 bits per heavy atom. The second-order valence-corrected chi connectivity index (χ2v) is 10.6. The molecule has 0 unspecified atom stereocenters. The summed E-state index contributed by atoms with van der Waals surface area (Å²) in [6.07, 6.45) is 0.828. The number of rotatable bonds is 11. The first-order valence-electron chi connectivity index (χ1n) is 13.7. The van der Waals surface area contributed by atoms with E-state index in [1.165, 1.54) is 27.6 Å². The Bertz CT molecular complexity index is 1360. The normalized spacial score (nSPS) is 11.6. The number of nitrogens with zero attached hydrogens (tertiary/aromatic N) is 1. The Morgan fingerprint density at radius 1 is 0.947 bits per heavy atom. The number of ether oxygens (including phenoxy) is 1. The van der Waals surface area contributed by atoms with Crippen LogP contribution in [-0.2, 0) is 16.6 Å². The molecule has 0 saturated carbocycles. The van der Waals surface area contributed by atoms with Crippen molar-refractivity contribution in [3.05, 3.63) is 89.0 Å². The number of nitrogens with one attached hydrogen (secondary N) is 2. The number of hydrogen-bond donors (Lipinski definition) is 2. The fourth-order valence-electron chi connectivity index (χ4n) is 5.23. The number of amides is 1. The number of carbonyl (C=O) groups is 1. The molecule has 1 heterocycles. The number of para-hydroxylation sites is 1. The number of hydrogen-bond acceptors (Lipinski definition) is 3. The van der Waals surface area contributed by atoms with Crippen LogP contribution in [0, 0.1) is 13.8 Å². The Hall–Kier alpha value is -3.57. The van der Waals surface area contributed by atoms with Gasteiger partial charge >= 0.3 is 0 Å². The summed E-state index contributed by atoms with van der Waals surface area (Å²) >= 11 is 0. The average Bonchev–Trinajstić information content (AvgIpc) is 3.27. The lowest BCUT2D eigenvalue weighted by Crippen LogP contribution is -2.43. The van der Waals surface area contributed by atoms with Gasteiger partial charge in [-0.15, -0.1) is 0 Å². The van der Waals surface area contributed by atoms with Crippen LogP contribution in [0.3, 0.4) is 0 Å². The minimum absolute atomic E-state index is 0.160. The SMILES string of the molecule is CCN(CC)C(=O)C(C)(C)c1ccc2[nH]c(-c3cc(C)cc(C)c3)c(CCNCOc3ccccc3)c2c1. The lowest BCUT2D eigenvalue weighted by atomic mass is 9.82. The summed E-state index contributed by atoms with van der Waals surface area (Å²) in [6.45, 7) is 15.1. The van der Waals surface area contributed by atoms with Gasteiger partial charge in [0.1, 0.15) is 12.5 Å². The molecule has 0 aliphatic rings. The number of carbonyl (C=O) groups excluding carboxylic acids is 1. The van der Waals surface area contributed by atoms with Gasteiger partial charge in [-0.05, 0) is 101 Å². The summed E-state index contributed by atoms with van der Waals surface area (Å²) in [6, 6.07) is 23.0. The standard InChI is InChI=1S/C33H41N3O2/c1-7-36(8-2)32(37)33(5,6)26-14-15-30-29(21-26)28(16-17-34-22-38-27-12-10-9-11-13-27)31(35-30)25-19-23(3)18-24(4)20-25/h9-15,18-21,34-35H,7-8,16-17,22H2,1-6H3. The topological polar surface area (TPSA) is 57.4 Å². The molecule has 0 fully saturated rings. The first-order valence-corrected chi connectivity index (χ1v) is 13.7. The molecule has 0 radical (unpaired) electrons. The zero-order valence-corrected chi connectivity index (χ0v) is 23.7. The molecule has 3 aromatic carbocycles. The summed E-state index contributed by atoms with van der Waals surface area (Å²) in [5.74, 6) is 1.01. The summed E-state index contributed by atoms with van der Waals surface area (Å²) < 4.78 is 5.83. The van der Waals surface area contributed by atoms with Crippen LogP contribution in [0.4, 0.5) is 0 Å². The van der Waals surface area contributed by atoms with E-state index in [1.54, 1.807) is 0 Å². The Labute approximate surface area is 227 Å². The van der Waals surface area contributed by atoms with Crippen molar-refractivity contribution < 1.29 is 9.53 Å². The lowest BCUT2D eigenvalue weighted by Gasteiger charge is -2.31. The van der Waals surface area contributed by atoms with Crippen molar-refractivity contribution in [3.63, 3.8) is 0 Å². The molecule has 2 N–H and O–H groups in total. The molecule has 0 spiro atoms. The quantitative estimate of drug-likeness (QED) is 0.173. The predicted molar refractivity (Wildman–Crippen MR) is 158 cm³/mol. The van der Waals surface area contributed by atoms with E-state index in [-0.39, 0.29) is 5.91 Å². The van der Waals surface area contributed by atoms with Gasteiger partial charge < -0.3 is 14.6 Å². The van der Waals surface area contributed by atoms with Crippen molar-refractivity contribution in [2.45, 2.75) is 53.4 Å². The van der Waals surface area contributed by atoms with Crippen LogP contribution in [0.25, 0.3) is 22.2 Å². The Kier molecular flexibility index (Phi) is 8.58. The molecular formula is C33H41N3O2. The smallest absolute Gasteiger partial charge is 0.232 e. The molecular weight excluding hydrogens is 470 g/mol. The molecule has 0 saturated heterocycles. The van der Waals surface area contributed by atoms with Gasteiger partial charge in [-0.3, -0.25) is 10.1 Å². The summed E-state index contributed by atoms with van der Waals surface area (Å²) in [7, 11) is 0. The van der Waals surface area contributed by atoms with Gasteiger partial charge in [-0.2, -0.15) is 0 Å². The van der Waals surface area contributed by atoms with Crippen LogP contribution in [0.15, 0.2) is 66.7 Å². The van der Waals surface area contributed by atoms with Crippen LogP contribution in [0.5, 0.6) is 5.75 Å². The van der Waals surface area contributed by atoms with Crippen molar-refractivity contribution in [2.75, 3.05) is 26.4 Å². The minimum Gasteiger partial charge on any atom is -0.478 e. The second kappa shape index (κ2) is 11.9. The zero-order chi connectivity index (χ0) is 27.3. The predicted octanol–water partition coefficient (Wildman–Crippen LogP) is 6.77. The molecule has 1 amide bonds. The van der Waals surface area contributed by atoms with Crippen LogP contribution in [0.1, 0.15) is 49.9 Å². The van der Waals surface area contributed by atoms with Crippen LogP contribution in [-0.4, -0.2) is 42.2 Å². The highest BCUT2D eigenvalue weighted by Crippen LogP contribution is 2.35. The zero-order valence-electron chi connectivity index (χ0n) is 23.7. The van der Waals surface area contributed by atoms with E-state index in [2.05, 4.69) is 60.5 Å². The fraction of sp³-hybridized carbons (Fsp3) is 0.364. The highest BCUT2D eigenvalue weighted by molar-refractivity contribution is 5.94. The highest BCUT2D eigenvalue weighted by atomic mass is 16.5. The molecule has 38 heavy (non-hydrogen) atoms. The molecule has 4 aromatic rings. The number of fused-ring (bicyclic) bond motifs is 1. The van der Waals surface area contributed by atoms with Crippen LogP contribution >= 0.6 is 0 Å². The molecule has 0 bridgehead atoms. The molecule has 5 heteroatoms. The number of aryl methyl sites for hydroxylation is 2. The van der Waals surface area contributed by atoms with Crippen molar-refractivity contribution in [2.24, 2.45) is 0 Å². The van der Waals surface area contributed by atoms with Gasteiger partial charge in [-0.1, -0.05) is 41.5 Å². The largest absolute Gasteiger partial charge is 0.478 e. The summed E-state index contributed by atoms with van der Waals surface area (Å²) in [5, 5.41) is 4.60. The molecule has 0 aliphatic carbocycles. The average molecular weight is 512 g/mol. The Morgan fingerprint density at radius 3 is 2.29 bits per heavy atom. The van der Waals surface area contributed by atoms with E-state index in [9.17, 15) is 4.79 Å². The monoisotopic (exact) mass is 511 g/mol. The number of aromatic nitrogens is 1. The van der Waals surface area contributed by atoms with Crippen LogP contribution < -0.4 is 10.1 Å². The van der Waals surface area contributed by atoms with Gasteiger partial charge in [-0.25, -0.2) is 0 Å². The third-order valence-corrected chi connectivity index (χ3v) is 7.36. The third-order valence-electron chi connectivity index (χ3n) is 7.36. The number of benzene rings is 3. The third kappa shape index (κ3) is 5.94. The summed E-state index contributed by atoms with van der Waals surface area (Å²) in [4.78, 5) is 19.0. The van der Waals surface area contributed by atoms with Crippen molar-refractivity contribution in [1.29, 1.82) is 0 Å². The van der Waals surface area contributed by atoms with E-state index < -0.39 is 5.41 Å². The maximum Gasteiger partial charge on any atom is 0.232 e. The molecule has 0 aliphatic heterocycles. The molecule has 0 atom stereocenters. The second-order valence-electron chi connectivity index (χ2n) is 10.6. The van der Waals surface area contributed by atoms with E-state index >= 15 is 0 Å². The van der Waals surface area contributed by atoms with E-state index in [1.807, 2.05) is 62.9 Å². The van der Waals surface area contributed by atoms with Gasteiger partial charge in [0.2, 0.25) is 5.91 Å². The van der Waals surface area contributed by atoms with E-state index in [0.29, 0.717) is 19.8 Å². The molecule has 5 nitrogen and oxygen atoms in total. The number of H-pyrrole nitrogens is 1.